The lowest BCUT2D eigenvalue weighted by atomic mass is 9.96. The first-order chi connectivity index (χ1) is 9.70. The fourth-order valence-electron chi connectivity index (χ4n) is 2.90. The molecule has 3 heterocycles. The molecule has 6 heteroatoms. The Bertz CT molecular complexity index is 629. The topological polar surface area (TPSA) is 70.7 Å². The van der Waals surface area contributed by atoms with Crippen molar-refractivity contribution in [2.24, 2.45) is 0 Å². The summed E-state index contributed by atoms with van der Waals surface area (Å²) in [7, 11) is 0. The van der Waals surface area contributed by atoms with Gasteiger partial charge in [-0.15, -0.1) is 10.2 Å². The van der Waals surface area contributed by atoms with Gasteiger partial charge in [0.15, 0.2) is 5.65 Å². The number of likely N-dealkylation sites (tertiary alicyclic amines) is 1. The molecule has 1 fully saturated rings. The number of carbonyl (C=O) groups is 1. The number of fused-ring (bicyclic) bond motifs is 1. The van der Waals surface area contributed by atoms with Crippen LogP contribution in [-0.2, 0) is 0 Å². The summed E-state index contributed by atoms with van der Waals surface area (Å²) in [5.74, 6) is 0.129. The Hall–Kier alpha value is -1.95. The number of hydrogen-bond donors (Lipinski definition) is 1. The van der Waals surface area contributed by atoms with Crippen LogP contribution in [0.1, 0.15) is 42.0 Å². The number of hydrogen-bond acceptors (Lipinski definition) is 4. The van der Waals surface area contributed by atoms with Gasteiger partial charge in [-0.3, -0.25) is 4.40 Å². The van der Waals surface area contributed by atoms with Gasteiger partial charge in [-0.1, -0.05) is 13.0 Å². The molecule has 0 atom stereocenters. The average Bonchev–Trinajstić information content (AvgIpc) is 2.91. The van der Waals surface area contributed by atoms with Gasteiger partial charge in [0.25, 0.3) is 0 Å². The van der Waals surface area contributed by atoms with Gasteiger partial charge in [-0.25, -0.2) is 4.79 Å². The lowest BCUT2D eigenvalue weighted by Gasteiger charge is -2.30. The van der Waals surface area contributed by atoms with Crippen molar-refractivity contribution in [3.63, 3.8) is 0 Å². The maximum Gasteiger partial charge on any atom is 0.352 e. The average molecular weight is 274 g/mol. The van der Waals surface area contributed by atoms with E-state index in [1.54, 1.807) is 22.6 Å². The van der Waals surface area contributed by atoms with Crippen LogP contribution in [0.4, 0.5) is 0 Å². The van der Waals surface area contributed by atoms with E-state index in [1.165, 1.54) is 0 Å². The van der Waals surface area contributed by atoms with Crippen LogP contribution in [0.15, 0.2) is 18.2 Å². The molecule has 1 aliphatic rings. The number of piperidine rings is 1. The van der Waals surface area contributed by atoms with E-state index >= 15 is 0 Å². The molecule has 0 aliphatic carbocycles. The Kier molecular flexibility index (Phi) is 3.40. The van der Waals surface area contributed by atoms with E-state index < -0.39 is 5.97 Å². The zero-order valence-corrected chi connectivity index (χ0v) is 11.5. The molecule has 0 radical (unpaired) electrons. The molecule has 106 valence electrons. The van der Waals surface area contributed by atoms with Crippen molar-refractivity contribution in [3.8, 4) is 0 Å². The second-order valence-corrected chi connectivity index (χ2v) is 5.18. The van der Waals surface area contributed by atoms with Crippen LogP contribution in [0.5, 0.6) is 0 Å². The summed E-state index contributed by atoms with van der Waals surface area (Å²) in [4.78, 5) is 13.8. The van der Waals surface area contributed by atoms with Crippen LogP contribution < -0.4 is 0 Å². The van der Waals surface area contributed by atoms with E-state index in [0.717, 1.165) is 38.3 Å². The van der Waals surface area contributed by atoms with E-state index in [1.807, 2.05) is 0 Å². The summed E-state index contributed by atoms with van der Waals surface area (Å²) < 4.78 is 1.69. The van der Waals surface area contributed by atoms with E-state index in [0.29, 0.717) is 5.65 Å². The van der Waals surface area contributed by atoms with Gasteiger partial charge in [-0.05, 0) is 44.6 Å². The molecule has 1 aliphatic heterocycles. The monoisotopic (exact) mass is 274 g/mol. The van der Waals surface area contributed by atoms with Gasteiger partial charge < -0.3 is 10.0 Å². The SMILES string of the molecule is CCN1CCC(c2nnc3cccc(C(=O)O)n23)CC1. The minimum Gasteiger partial charge on any atom is -0.477 e. The number of aromatic nitrogens is 3. The predicted molar refractivity (Wildman–Crippen MR) is 74.0 cm³/mol. The van der Waals surface area contributed by atoms with Crippen LogP contribution in [0.2, 0.25) is 0 Å². The summed E-state index contributed by atoms with van der Waals surface area (Å²) in [6, 6.07) is 5.10. The van der Waals surface area contributed by atoms with Crippen LogP contribution in [0.3, 0.4) is 0 Å². The number of carboxylic acids is 1. The Morgan fingerprint density at radius 1 is 1.35 bits per heavy atom. The smallest absolute Gasteiger partial charge is 0.352 e. The molecule has 0 spiro atoms. The first-order valence-corrected chi connectivity index (χ1v) is 7.00. The Balaban J connectivity index is 1.98. The first kappa shape index (κ1) is 13.1. The third-order valence-electron chi connectivity index (χ3n) is 4.07. The minimum absolute atomic E-state index is 0.237. The zero-order valence-electron chi connectivity index (χ0n) is 11.5. The third kappa shape index (κ3) is 2.16. The van der Waals surface area contributed by atoms with Gasteiger partial charge in [0.1, 0.15) is 11.5 Å². The summed E-state index contributed by atoms with van der Waals surface area (Å²) in [5.41, 5.74) is 0.846. The van der Waals surface area contributed by atoms with Gasteiger partial charge in [0, 0.05) is 5.92 Å². The van der Waals surface area contributed by atoms with Gasteiger partial charge >= 0.3 is 5.97 Å². The highest BCUT2D eigenvalue weighted by molar-refractivity contribution is 5.86. The standard InChI is InChI=1S/C14H18N4O2/c1-2-17-8-6-10(7-9-17)13-16-15-12-5-3-4-11(14(19)20)18(12)13/h3-5,10H,2,6-9H2,1H3,(H,19,20). The van der Waals surface area contributed by atoms with Crippen molar-refractivity contribution < 1.29 is 9.90 Å². The highest BCUT2D eigenvalue weighted by atomic mass is 16.4. The number of aromatic carboxylic acids is 1. The van der Waals surface area contributed by atoms with Crippen LogP contribution in [0, 0.1) is 0 Å². The number of nitrogens with zero attached hydrogens (tertiary/aromatic N) is 4. The van der Waals surface area contributed by atoms with Crippen LogP contribution in [-0.4, -0.2) is 50.2 Å². The van der Waals surface area contributed by atoms with Crippen molar-refractivity contribution in [2.45, 2.75) is 25.7 Å². The lowest BCUT2D eigenvalue weighted by molar-refractivity contribution is 0.0688. The Morgan fingerprint density at radius 2 is 2.10 bits per heavy atom. The van der Waals surface area contributed by atoms with Crippen molar-refractivity contribution >= 4 is 11.6 Å². The van der Waals surface area contributed by atoms with Gasteiger partial charge in [-0.2, -0.15) is 0 Å². The number of rotatable bonds is 3. The van der Waals surface area contributed by atoms with E-state index in [2.05, 4.69) is 22.0 Å². The minimum atomic E-state index is -0.942. The third-order valence-corrected chi connectivity index (χ3v) is 4.07. The first-order valence-electron chi connectivity index (χ1n) is 7.00. The molecular formula is C14H18N4O2. The van der Waals surface area contributed by atoms with Crippen LogP contribution in [0.25, 0.3) is 5.65 Å². The molecule has 20 heavy (non-hydrogen) atoms. The second-order valence-electron chi connectivity index (χ2n) is 5.18. The maximum atomic E-state index is 11.4. The van der Waals surface area contributed by atoms with Crippen molar-refractivity contribution in [1.29, 1.82) is 0 Å². The summed E-state index contributed by atoms with van der Waals surface area (Å²) >= 11 is 0. The van der Waals surface area contributed by atoms with Gasteiger partial charge in [0.2, 0.25) is 0 Å². The van der Waals surface area contributed by atoms with E-state index in [-0.39, 0.29) is 11.6 Å². The summed E-state index contributed by atoms with van der Waals surface area (Å²) in [5, 5.41) is 17.7. The molecule has 2 aromatic rings. The fourth-order valence-corrected chi connectivity index (χ4v) is 2.90. The largest absolute Gasteiger partial charge is 0.477 e. The fraction of sp³-hybridized carbons (Fsp3) is 0.500. The molecule has 3 rings (SSSR count). The van der Waals surface area contributed by atoms with Crippen LogP contribution >= 0.6 is 0 Å². The molecule has 0 aromatic carbocycles. The molecule has 1 saturated heterocycles. The lowest BCUT2D eigenvalue weighted by Crippen LogP contribution is -2.33. The molecule has 0 amide bonds. The molecule has 6 nitrogen and oxygen atoms in total. The van der Waals surface area contributed by atoms with Gasteiger partial charge in [0.05, 0.1) is 0 Å². The molecule has 1 N–H and O–H groups in total. The number of pyridine rings is 1. The second kappa shape index (κ2) is 5.20. The predicted octanol–water partition coefficient (Wildman–Crippen LogP) is 1.63. The normalized spacial score (nSPS) is 17.6. The highest BCUT2D eigenvalue weighted by Crippen LogP contribution is 2.27. The summed E-state index contributed by atoms with van der Waals surface area (Å²) in [6.45, 7) is 5.29. The molecule has 2 aromatic heterocycles. The summed E-state index contributed by atoms with van der Waals surface area (Å²) in [6.07, 6.45) is 2.01. The van der Waals surface area contributed by atoms with E-state index in [4.69, 9.17) is 0 Å². The van der Waals surface area contributed by atoms with E-state index in [9.17, 15) is 9.90 Å². The maximum absolute atomic E-state index is 11.4. The van der Waals surface area contributed by atoms with Crippen molar-refractivity contribution in [1.82, 2.24) is 19.5 Å². The molecule has 0 bridgehead atoms. The number of carboxylic acid groups (broad SMARTS) is 1. The Morgan fingerprint density at radius 3 is 2.75 bits per heavy atom. The zero-order chi connectivity index (χ0) is 14.1. The molecule has 0 unspecified atom stereocenters. The Labute approximate surface area is 117 Å². The van der Waals surface area contributed by atoms with Crippen molar-refractivity contribution in [3.05, 3.63) is 29.7 Å². The van der Waals surface area contributed by atoms with Crippen molar-refractivity contribution in [2.75, 3.05) is 19.6 Å². The quantitative estimate of drug-likeness (QED) is 0.921. The highest BCUT2D eigenvalue weighted by Gasteiger charge is 2.25. The molecule has 0 saturated carbocycles. The molecular weight excluding hydrogens is 256 g/mol.